The number of aliphatic hydroxyl groups is 1. The molecule has 20 heavy (non-hydrogen) atoms. The molecule has 0 bridgehead atoms. The van der Waals surface area contributed by atoms with Crippen molar-refractivity contribution in [1.82, 2.24) is 0 Å². The van der Waals surface area contributed by atoms with Crippen molar-refractivity contribution in [1.29, 1.82) is 0 Å². The molecule has 2 rings (SSSR count). The normalized spacial score (nSPS) is 17.4. The summed E-state index contributed by atoms with van der Waals surface area (Å²) in [4.78, 5) is 0. The Morgan fingerprint density at radius 3 is 2.70 bits per heavy atom. The molecule has 0 saturated heterocycles. The Labute approximate surface area is 129 Å². The van der Waals surface area contributed by atoms with Gasteiger partial charge in [-0.3, -0.25) is 0 Å². The second kappa shape index (κ2) is 7.43. The molecule has 112 valence electrons. The van der Waals surface area contributed by atoms with Gasteiger partial charge in [-0.15, -0.1) is 0 Å². The van der Waals surface area contributed by atoms with Crippen molar-refractivity contribution < 1.29 is 9.84 Å². The zero-order valence-corrected chi connectivity index (χ0v) is 13.9. The van der Waals surface area contributed by atoms with E-state index in [1.54, 1.807) is 0 Å². The van der Waals surface area contributed by atoms with Crippen LogP contribution >= 0.6 is 15.9 Å². The number of rotatable bonds is 6. The first kappa shape index (κ1) is 15.8. The third kappa shape index (κ3) is 4.47. The van der Waals surface area contributed by atoms with Crippen LogP contribution in [0.15, 0.2) is 16.6 Å². The smallest absolute Gasteiger partial charge is 0.0945 e. The number of hydrogen-bond acceptors (Lipinski definition) is 3. The minimum atomic E-state index is -0.469. The summed E-state index contributed by atoms with van der Waals surface area (Å²) in [6.07, 6.45) is 4.69. The standard InChI is InChI=1S/C16H24BrNO2/c1-11-7-12(2)16(15(17)8-11)18-9-13(19)10-20-14-5-3-4-6-14/h7-8,13-14,18-19H,3-6,9-10H2,1-2H3. The maximum atomic E-state index is 10.0. The second-order valence-corrected chi connectivity index (χ2v) is 6.57. The van der Waals surface area contributed by atoms with Gasteiger partial charge in [0.2, 0.25) is 0 Å². The second-order valence-electron chi connectivity index (χ2n) is 5.71. The average Bonchev–Trinajstić information content (AvgIpc) is 2.88. The van der Waals surface area contributed by atoms with E-state index in [1.807, 2.05) is 0 Å². The zero-order valence-electron chi connectivity index (χ0n) is 12.3. The minimum absolute atomic E-state index is 0.359. The molecule has 4 heteroatoms. The third-order valence-corrected chi connectivity index (χ3v) is 4.40. The summed E-state index contributed by atoms with van der Waals surface area (Å²) < 4.78 is 6.77. The Kier molecular flexibility index (Phi) is 5.87. The van der Waals surface area contributed by atoms with Crippen LogP contribution in [0, 0.1) is 13.8 Å². The van der Waals surface area contributed by atoms with Gasteiger partial charge in [-0.1, -0.05) is 18.9 Å². The predicted octanol–water partition coefficient (Wildman–Crippen LogP) is 3.80. The van der Waals surface area contributed by atoms with E-state index in [0.717, 1.165) is 23.0 Å². The maximum Gasteiger partial charge on any atom is 0.0945 e. The third-order valence-electron chi connectivity index (χ3n) is 3.77. The first-order valence-corrected chi connectivity index (χ1v) is 8.16. The first-order valence-electron chi connectivity index (χ1n) is 7.36. The van der Waals surface area contributed by atoms with E-state index in [9.17, 15) is 5.11 Å². The van der Waals surface area contributed by atoms with Gasteiger partial charge in [-0.25, -0.2) is 0 Å². The number of ether oxygens (including phenoxy) is 1. The van der Waals surface area contributed by atoms with E-state index in [0.29, 0.717) is 19.3 Å². The number of anilines is 1. The SMILES string of the molecule is Cc1cc(C)c(NCC(O)COC2CCCC2)c(Br)c1. The van der Waals surface area contributed by atoms with Gasteiger partial charge in [-0.2, -0.15) is 0 Å². The van der Waals surface area contributed by atoms with Crippen LogP contribution in [0.1, 0.15) is 36.8 Å². The zero-order chi connectivity index (χ0) is 14.5. The van der Waals surface area contributed by atoms with Crippen molar-refractivity contribution in [2.45, 2.75) is 51.7 Å². The van der Waals surface area contributed by atoms with Gasteiger partial charge >= 0.3 is 0 Å². The van der Waals surface area contributed by atoms with Crippen LogP contribution in [0.2, 0.25) is 0 Å². The molecule has 3 nitrogen and oxygen atoms in total. The summed E-state index contributed by atoms with van der Waals surface area (Å²) in [6, 6.07) is 4.21. The summed E-state index contributed by atoms with van der Waals surface area (Å²) in [6.45, 7) is 5.07. The van der Waals surface area contributed by atoms with E-state index < -0.39 is 6.10 Å². The van der Waals surface area contributed by atoms with Gasteiger partial charge in [0, 0.05) is 11.0 Å². The highest BCUT2D eigenvalue weighted by molar-refractivity contribution is 9.10. The fourth-order valence-corrected chi connectivity index (χ4v) is 3.53. The van der Waals surface area contributed by atoms with Gasteiger partial charge in [0.25, 0.3) is 0 Å². The summed E-state index contributed by atoms with van der Waals surface area (Å²) in [5.74, 6) is 0. The Morgan fingerprint density at radius 1 is 1.35 bits per heavy atom. The van der Waals surface area contributed by atoms with Crippen LogP contribution in [-0.2, 0) is 4.74 Å². The Balaban J connectivity index is 1.79. The molecule has 0 amide bonds. The van der Waals surface area contributed by atoms with E-state index in [1.165, 1.54) is 24.0 Å². The lowest BCUT2D eigenvalue weighted by Crippen LogP contribution is -2.27. The molecule has 0 aromatic heterocycles. The Morgan fingerprint density at radius 2 is 2.05 bits per heavy atom. The molecule has 0 heterocycles. The largest absolute Gasteiger partial charge is 0.389 e. The van der Waals surface area contributed by atoms with Crippen molar-refractivity contribution in [2.24, 2.45) is 0 Å². The number of nitrogens with one attached hydrogen (secondary N) is 1. The van der Waals surface area contributed by atoms with Crippen molar-refractivity contribution in [3.05, 3.63) is 27.7 Å². The Hall–Kier alpha value is -0.580. The molecule has 1 aliphatic carbocycles. The van der Waals surface area contributed by atoms with Crippen LogP contribution in [-0.4, -0.2) is 30.5 Å². The minimum Gasteiger partial charge on any atom is -0.389 e. The van der Waals surface area contributed by atoms with Crippen LogP contribution in [0.3, 0.4) is 0 Å². The molecule has 1 unspecified atom stereocenters. The van der Waals surface area contributed by atoms with Crippen LogP contribution in [0.4, 0.5) is 5.69 Å². The van der Waals surface area contributed by atoms with Gasteiger partial charge < -0.3 is 15.2 Å². The molecule has 1 aromatic carbocycles. The van der Waals surface area contributed by atoms with Crippen LogP contribution < -0.4 is 5.32 Å². The highest BCUT2D eigenvalue weighted by Crippen LogP contribution is 2.27. The molecular weight excluding hydrogens is 318 g/mol. The number of benzene rings is 1. The number of aliphatic hydroxyl groups excluding tert-OH is 1. The first-order chi connectivity index (χ1) is 9.56. The van der Waals surface area contributed by atoms with E-state index in [2.05, 4.69) is 47.2 Å². The lowest BCUT2D eigenvalue weighted by atomic mass is 10.1. The van der Waals surface area contributed by atoms with E-state index >= 15 is 0 Å². The molecule has 1 aromatic rings. The van der Waals surface area contributed by atoms with E-state index in [4.69, 9.17) is 4.74 Å². The fourth-order valence-electron chi connectivity index (χ4n) is 2.72. The van der Waals surface area contributed by atoms with Crippen molar-refractivity contribution in [3.63, 3.8) is 0 Å². The highest BCUT2D eigenvalue weighted by Gasteiger charge is 2.17. The molecule has 1 saturated carbocycles. The van der Waals surface area contributed by atoms with Crippen LogP contribution in [0.25, 0.3) is 0 Å². The molecule has 0 aliphatic heterocycles. The van der Waals surface area contributed by atoms with Crippen molar-refractivity contribution >= 4 is 21.6 Å². The van der Waals surface area contributed by atoms with Crippen molar-refractivity contribution in [3.8, 4) is 0 Å². The van der Waals surface area contributed by atoms with Gasteiger partial charge in [-0.05, 0) is 59.8 Å². The molecular formula is C16H24BrNO2. The molecule has 0 radical (unpaired) electrons. The van der Waals surface area contributed by atoms with E-state index in [-0.39, 0.29) is 0 Å². The van der Waals surface area contributed by atoms with Gasteiger partial charge in [0.1, 0.15) is 0 Å². The number of halogens is 1. The van der Waals surface area contributed by atoms with Crippen molar-refractivity contribution in [2.75, 3.05) is 18.5 Å². The van der Waals surface area contributed by atoms with Gasteiger partial charge in [0.15, 0.2) is 0 Å². The number of aryl methyl sites for hydroxylation is 2. The summed E-state index contributed by atoms with van der Waals surface area (Å²) >= 11 is 3.57. The Bertz CT molecular complexity index is 421. The summed E-state index contributed by atoms with van der Waals surface area (Å²) in [5.41, 5.74) is 3.46. The average molecular weight is 342 g/mol. The molecule has 0 spiro atoms. The summed E-state index contributed by atoms with van der Waals surface area (Å²) in [5, 5.41) is 13.3. The van der Waals surface area contributed by atoms with Crippen LogP contribution in [0.5, 0.6) is 0 Å². The van der Waals surface area contributed by atoms with Gasteiger partial charge in [0.05, 0.1) is 24.5 Å². The lowest BCUT2D eigenvalue weighted by Gasteiger charge is -2.18. The highest BCUT2D eigenvalue weighted by atomic mass is 79.9. The number of hydrogen-bond donors (Lipinski definition) is 2. The summed E-state index contributed by atoms with van der Waals surface area (Å²) in [7, 11) is 0. The topological polar surface area (TPSA) is 41.5 Å². The fraction of sp³-hybridized carbons (Fsp3) is 0.625. The molecule has 1 aliphatic rings. The quantitative estimate of drug-likeness (QED) is 0.826. The predicted molar refractivity (Wildman–Crippen MR) is 86.3 cm³/mol. The molecule has 1 atom stereocenters. The maximum absolute atomic E-state index is 10.0. The molecule has 1 fully saturated rings. The molecule has 2 N–H and O–H groups in total. The lowest BCUT2D eigenvalue weighted by molar-refractivity contribution is -0.00117. The monoisotopic (exact) mass is 341 g/mol.